The topological polar surface area (TPSA) is 49.4 Å². The minimum Gasteiger partial charge on any atom is -0.327 e. The van der Waals surface area contributed by atoms with Gasteiger partial charge in [-0.3, -0.25) is 9.59 Å². The molecule has 0 saturated carbocycles. The molecule has 0 radical (unpaired) electrons. The lowest BCUT2D eigenvalue weighted by molar-refractivity contribution is -0.119. The SMILES string of the molecule is O=C(Nc1ccccc1Br)C1CCCN1C(=O)c1ccc(Cl)c(Cl)c1. The van der Waals surface area contributed by atoms with Gasteiger partial charge >= 0.3 is 0 Å². The number of likely N-dealkylation sites (tertiary alicyclic amines) is 1. The molecule has 1 N–H and O–H groups in total. The summed E-state index contributed by atoms with van der Waals surface area (Å²) in [5.41, 5.74) is 1.11. The van der Waals surface area contributed by atoms with Gasteiger partial charge in [0, 0.05) is 16.6 Å². The fraction of sp³-hybridized carbons (Fsp3) is 0.222. The van der Waals surface area contributed by atoms with Gasteiger partial charge in [0.05, 0.1) is 15.7 Å². The van der Waals surface area contributed by atoms with Gasteiger partial charge in [-0.15, -0.1) is 0 Å². The zero-order valence-electron chi connectivity index (χ0n) is 13.1. The number of rotatable bonds is 3. The first-order chi connectivity index (χ1) is 12.0. The van der Waals surface area contributed by atoms with Crippen LogP contribution in [0.3, 0.4) is 0 Å². The Bertz CT molecular complexity index is 828. The quantitative estimate of drug-likeness (QED) is 0.728. The third-order valence-corrected chi connectivity index (χ3v) is 5.55. The Morgan fingerprint density at radius 3 is 2.60 bits per heavy atom. The highest BCUT2D eigenvalue weighted by Gasteiger charge is 2.34. The van der Waals surface area contributed by atoms with E-state index in [9.17, 15) is 9.59 Å². The number of halogens is 3. The van der Waals surface area contributed by atoms with Crippen LogP contribution in [0.4, 0.5) is 5.69 Å². The summed E-state index contributed by atoms with van der Waals surface area (Å²) in [4.78, 5) is 27.0. The Labute approximate surface area is 164 Å². The van der Waals surface area contributed by atoms with Crippen molar-refractivity contribution in [1.82, 2.24) is 4.90 Å². The molecule has 4 nitrogen and oxygen atoms in total. The van der Waals surface area contributed by atoms with Crippen molar-refractivity contribution >= 4 is 56.6 Å². The standard InChI is InChI=1S/C18H15BrCl2N2O2/c19-12-4-1-2-5-15(12)22-17(24)16-6-3-9-23(16)18(25)11-7-8-13(20)14(21)10-11/h1-2,4-5,7-8,10,16H,3,6,9H2,(H,22,24). The highest BCUT2D eigenvalue weighted by molar-refractivity contribution is 9.10. The molecule has 130 valence electrons. The first kappa shape index (κ1) is 18.2. The van der Waals surface area contributed by atoms with Gasteiger partial charge in [0.2, 0.25) is 5.91 Å². The fourth-order valence-electron chi connectivity index (χ4n) is 2.86. The van der Waals surface area contributed by atoms with E-state index >= 15 is 0 Å². The minimum absolute atomic E-state index is 0.196. The molecule has 1 aliphatic rings. The predicted molar refractivity (Wildman–Crippen MR) is 103 cm³/mol. The van der Waals surface area contributed by atoms with Crippen LogP contribution in [0.15, 0.2) is 46.9 Å². The van der Waals surface area contributed by atoms with Crippen LogP contribution in [-0.2, 0) is 4.79 Å². The van der Waals surface area contributed by atoms with Gasteiger partial charge in [-0.2, -0.15) is 0 Å². The van der Waals surface area contributed by atoms with Crippen molar-refractivity contribution < 1.29 is 9.59 Å². The van der Waals surface area contributed by atoms with Crippen LogP contribution >= 0.6 is 39.1 Å². The lowest BCUT2D eigenvalue weighted by Crippen LogP contribution is -2.43. The van der Waals surface area contributed by atoms with Crippen LogP contribution in [0.2, 0.25) is 10.0 Å². The van der Waals surface area contributed by atoms with E-state index in [2.05, 4.69) is 21.2 Å². The molecule has 1 unspecified atom stereocenters. The summed E-state index contributed by atoms with van der Waals surface area (Å²) in [5, 5.41) is 3.59. The second-order valence-electron chi connectivity index (χ2n) is 5.75. The molecule has 1 heterocycles. The Morgan fingerprint density at radius 2 is 1.88 bits per heavy atom. The van der Waals surface area contributed by atoms with Crippen LogP contribution < -0.4 is 5.32 Å². The van der Waals surface area contributed by atoms with Crippen LogP contribution in [0.5, 0.6) is 0 Å². The second kappa shape index (κ2) is 7.77. The van der Waals surface area contributed by atoms with E-state index in [0.29, 0.717) is 34.3 Å². The molecule has 0 aromatic heterocycles. The van der Waals surface area contributed by atoms with Gasteiger partial charge in [0.15, 0.2) is 0 Å². The summed E-state index contributed by atoms with van der Waals surface area (Å²) in [7, 11) is 0. The number of hydrogen-bond acceptors (Lipinski definition) is 2. The summed E-state index contributed by atoms with van der Waals surface area (Å²) < 4.78 is 0.795. The van der Waals surface area contributed by atoms with Crippen molar-refractivity contribution in [2.24, 2.45) is 0 Å². The Morgan fingerprint density at radius 1 is 1.12 bits per heavy atom. The highest BCUT2D eigenvalue weighted by Crippen LogP contribution is 2.27. The van der Waals surface area contributed by atoms with Gasteiger partial charge in [0.1, 0.15) is 6.04 Å². The van der Waals surface area contributed by atoms with Crippen molar-refractivity contribution in [3.05, 3.63) is 62.5 Å². The number of carbonyl (C=O) groups excluding carboxylic acids is 2. The van der Waals surface area contributed by atoms with Gasteiger partial charge in [-0.1, -0.05) is 35.3 Å². The summed E-state index contributed by atoms with van der Waals surface area (Å²) in [6, 6.07) is 11.6. The second-order valence-corrected chi connectivity index (χ2v) is 7.42. The van der Waals surface area contributed by atoms with E-state index in [-0.39, 0.29) is 11.8 Å². The molecule has 3 rings (SSSR count). The molecule has 1 saturated heterocycles. The maximum absolute atomic E-state index is 12.8. The summed E-state index contributed by atoms with van der Waals surface area (Å²) in [6.45, 7) is 0.535. The molecule has 1 atom stereocenters. The number of hydrogen-bond donors (Lipinski definition) is 1. The van der Waals surface area contributed by atoms with E-state index in [1.165, 1.54) is 6.07 Å². The molecular formula is C18H15BrCl2N2O2. The van der Waals surface area contributed by atoms with Crippen molar-refractivity contribution in [3.63, 3.8) is 0 Å². The zero-order valence-corrected chi connectivity index (χ0v) is 16.2. The molecule has 0 aliphatic carbocycles. The first-order valence-corrected chi connectivity index (χ1v) is 9.33. The van der Waals surface area contributed by atoms with Crippen molar-refractivity contribution in [2.45, 2.75) is 18.9 Å². The molecule has 2 amide bonds. The largest absolute Gasteiger partial charge is 0.327 e. The maximum atomic E-state index is 12.8. The summed E-state index contributed by atoms with van der Waals surface area (Å²) in [6.07, 6.45) is 1.41. The number of amides is 2. The van der Waals surface area contributed by atoms with Crippen LogP contribution in [0.1, 0.15) is 23.2 Å². The molecule has 0 spiro atoms. The number of anilines is 1. The van der Waals surface area contributed by atoms with E-state index < -0.39 is 6.04 Å². The Hall–Kier alpha value is -1.56. The number of para-hydroxylation sites is 1. The Kier molecular flexibility index (Phi) is 5.67. The smallest absolute Gasteiger partial charge is 0.254 e. The number of carbonyl (C=O) groups is 2. The van der Waals surface area contributed by atoms with Crippen molar-refractivity contribution in [1.29, 1.82) is 0 Å². The van der Waals surface area contributed by atoms with E-state index in [1.807, 2.05) is 24.3 Å². The molecule has 2 aromatic rings. The molecular weight excluding hydrogens is 427 g/mol. The lowest BCUT2D eigenvalue weighted by Gasteiger charge is -2.24. The van der Waals surface area contributed by atoms with E-state index in [0.717, 1.165) is 10.9 Å². The Balaban J connectivity index is 1.77. The average molecular weight is 442 g/mol. The van der Waals surface area contributed by atoms with Crippen LogP contribution in [-0.4, -0.2) is 29.3 Å². The van der Waals surface area contributed by atoms with Gasteiger partial charge in [0.25, 0.3) is 5.91 Å². The molecule has 1 fully saturated rings. The van der Waals surface area contributed by atoms with E-state index in [1.54, 1.807) is 17.0 Å². The van der Waals surface area contributed by atoms with Crippen molar-refractivity contribution in [2.75, 3.05) is 11.9 Å². The average Bonchev–Trinajstić information content (AvgIpc) is 3.08. The lowest BCUT2D eigenvalue weighted by atomic mass is 10.1. The fourth-order valence-corrected chi connectivity index (χ4v) is 3.54. The number of nitrogens with zero attached hydrogens (tertiary/aromatic N) is 1. The third kappa shape index (κ3) is 4.00. The molecule has 2 aromatic carbocycles. The minimum atomic E-state index is -0.506. The number of nitrogens with one attached hydrogen (secondary N) is 1. The van der Waals surface area contributed by atoms with Gasteiger partial charge < -0.3 is 10.2 Å². The molecule has 1 aliphatic heterocycles. The first-order valence-electron chi connectivity index (χ1n) is 7.79. The third-order valence-electron chi connectivity index (χ3n) is 4.11. The van der Waals surface area contributed by atoms with Gasteiger partial charge in [-0.05, 0) is 59.1 Å². The van der Waals surface area contributed by atoms with E-state index in [4.69, 9.17) is 23.2 Å². The van der Waals surface area contributed by atoms with Crippen molar-refractivity contribution in [3.8, 4) is 0 Å². The van der Waals surface area contributed by atoms with Gasteiger partial charge in [-0.25, -0.2) is 0 Å². The summed E-state index contributed by atoms with van der Waals surface area (Å²) in [5.74, 6) is -0.416. The number of benzene rings is 2. The molecule has 7 heteroatoms. The molecule has 25 heavy (non-hydrogen) atoms. The maximum Gasteiger partial charge on any atom is 0.254 e. The summed E-state index contributed by atoms with van der Waals surface area (Å²) >= 11 is 15.3. The zero-order chi connectivity index (χ0) is 18.0. The molecule has 0 bridgehead atoms. The monoisotopic (exact) mass is 440 g/mol. The van der Waals surface area contributed by atoms with Crippen LogP contribution in [0.25, 0.3) is 0 Å². The van der Waals surface area contributed by atoms with Crippen LogP contribution in [0, 0.1) is 0 Å². The highest BCUT2D eigenvalue weighted by atomic mass is 79.9. The predicted octanol–water partition coefficient (Wildman–Crippen LogP) is 5.00. The normalized spacial score (nSPS) is 16.8.